The molecule has 0 aromatic heterocycles. The number of primary amides is 1. The number of aliphatic carboxylic acids is 1. The average Bonchev–Trinajstić information content (AvgIpc) is 2.76. The number of ether oxygens (including phenoxy) is 1. The number of carbonyl (C=O) groups is 3. The standard InChI is InChI=1S/C11H17N3O5/c12-9(15)6-19-4-3-13-11(18)14-8-2-1-7(5-8)10(16)17/h1-2,7-8H,3-6H2,(H2,12,15)(H,16,17)(H2,13,14,18). The molecular formula is C11H17N3O5. The first kappa shape index (κ1) is 15.0. The van der Waals surface area contributed by atoms with E-state index < -0.39 is 23.8 Å². The van der Waals surface area contributed by atoms with Crippen LogP contribution in [0, 0.1) is 5.92 Å². The third-order valence-electron chi connectivity index (χ3n) is 2.49. The van der Waals surface area contributed by atoms with Gasteiger partial charge in [0.15, 0.2) is 0 Å². The predicted octanol–water partition coefficient (Wildman–Crippen LogP) is -1.18. The van der Waals surface area contributed by atoms with Crippen LogP contribution >= 0.6 is 0 Å². The number of nitrogens with one attached hydrogen (secondary N) is 2. The molecule has 8 heteroatoms. The van der Waals surface area contributed by atoms with Gasteiger partial charge in [-0.25, -0.2) is 4.79 Å². The summed E-state index contributed by atoms with van der Waals surface area (Å²) in [5.74, 6) is -2.02. The minimum atomic E-state index is -0.902. The molecule has 0 radical (unpaired) electrons. The Morgan fingerprint density at radius 3 is 2.68 bits per heavy atom. The van der Waals surface area contributed by atoms with E-state index in [2.05, 4.69) is 10.6 Å². The number of carbonyl (C=O) groups excluding carboxylic acids is 2. The Morgan fingerprint density at radius 2 is 2.11 bits per heavy atom. The van der Waals surface area contributed by atoms with Crippen LogP contribution in [0.4, 0.5) is 4.79 Å². The van der Waals surface area contributed by atoms with Gasteiger partial charge >= 0.3 is 12.0 Å². The molecule has 0 bridgehead atoms. The number of amides is 3. The molecule has 2 unspecified atom stereocenters. The highest BCUT2D eigenvalue weighted by molar-refractivity contribution is 5.76. The van der Waals surface area contributed by atoms with Gasteiger partial charge in [-0.05, 0) is 6.42 Å². The summed E-state index contributed by atoms with van der Waals surface area (Å²) in [5, 5.41) is 13.9. The Kier molecular flexibility index (Phi) is 5.80. The summed E-state index contributed by atoms with van der Waals surface area (Å²) in [6, 6.07) is -0.698. The van der Waals surface area contributed by atoms with Gasteiger partial charge in [-0.1, -0.05) is 12.2 Å². The van der Waals surface area contributed by atoms with E-state index in [9.17, 15) is 14.4 Å². The molecule has 0 heterocycles. The average molecular weight is 271 g/mol. The third kappa shape index (κ3) is 5.87. The van der Waals surface area contributed by atoms with E-state index in [1.165, 1.54) is 0 Å². The van der Waals surface area contributed by atoms with Crippen LogP contribution in [0.1, 0.15) is 6.42 Å². The topological polar surface area (TPSA) is 131 Å². The van der Waals surface area contributed by atoms with E-state index in [-0.39, 0.29) is 25.8 Å². The first-order valence-corrected chi connectivity index (χ1v) is 5.80. The summed E-state index contributed by atoms with van der Waals surface area (Å²) in [7, 11) is 0. The van der Waals surface area contributed by atoms with Gasteiger partial charge in [0.2, 0.25) is 5.91 Å². The molecule has 3 amide bonds. The van der Waals surface area contributed by atoms with Crippen molar-refractivity contribution in [2.75, 3.05) is 19.8 Å². The van der Waals surface area contributed by atoms with Gasteiger partial charge in [-0.3, -0.25) is 9.59 Å². The fraction of sp³-hybridized carbons (Fsp3) is 0.545. The van der Waals surface area contributed by atoms with Gasteiger partial charge in [-0.15, -0.1) is 0 Å². The molecule has 2 atom stereocenters. The molecule has 19 heavy (non-hydrogen) atoms. The zero-order valence-corrected chi connectivity index (χ0v) is 10.3. The SMILES string of the molecule is NC(=O)COCCNC(=O)NC1C=CC(C(=O)O)C1. The molecule has 0 saturated heterocycles. The Bertz CT molecular complexity index is 383. The summed E-state index contributed by atoms with van der Waals surface area (Å²) in [4.78, 5) is 32.5. The fourth-order valence-electron chi connectivity index (χ4n) is 1.62. The maximum Gasteiger partial charge on any atom is 0.315 e. The predicted molar refractivity (Wildman–Crippen MR) is 65.2 cm³/mol. The van der Waals surface area contributed by atoms with E-state index in [1.807, 2.05) is 0 Å². The summed E-state index contributed by atoms with van der Waals surface area (Å²) < 4.78 is 4.86. The second kappa shape index (κ2) is 7.37. The Balaban J connectivity index is 2.10. The number of nitrogens with two attached hydrogens (primary N) is 1. The molecule has 1 aliphatic rings. The summed E-state index contributed by atoms with van der Waals surface area (Å²) in [6.07, 6.45) is 3.56. The Labute approximate surface area is 110 Å². The van der Waals surface area contributed by atoms with Crippen LogP contribution < -0.4 is 16.4 Å². The Hall–Kier alpha value is -2.09. The zero-order chi connectivity index (χ0) is 14.3. The highest BCUT2D eigenvalue weighted by atomic mass is 16.5. The quantitative estimate of drug-likeness (QED) is 0.342. The van der Waals surface area contributed by atoms with E-state index in [1.54, 1.807) is 12.2 Å². The summed E-state index contributed by atoms with van der Waals surface area (Å²) >= 11 is 0. The van der Waals surface area contributed by atoms with Gasteiger partial charge < -0.3 is 26.2 Å². The van der Waals surface area contributed by atoms with Gasteiger partial charge in [0.25, 0.3) is 0 Å². The minimum absolute atomic E-state index is 0.175. The lowest BCUT2D eigenvalue weighted by Crippen LogP contribution is -2.42. The number of rotatable bonds is 7. The molecule has 8 nitrogen and oxygen atoms in total. The van der Waals surface area contributed by atoms with Crippen molar-refractivity contribution in [3.8, 4) is 0 Å². The number of carboxylic acids is 1. The van der Waals surface area contributed by atoms with E-state index >= 15 is 0 Å². The molecule has 0 spiro atoms. The minimum Gasteiger partial charge on any atom is -0.481 e. The molecule has 1 rings (SSSR count). The molecular weight excluding hydrogens is 254 g/mol. The zero-order valence-electron chi connectivity index (χ0n) is 10.3. The largest absolute Gasteiger partial charge is 0.481 e. The number of hydrogen-bond donors (Lipinski definition) is 4. The fourth-order valence-corrected chi connectivity index (χ4v) is 1.62. The lowest BCUT2D eigenvalue weighted by atomic mass is 10.1. The van der Waals surface area contributed by atoms with Crippen molar-refractivity contribution in [3.63, 3.8) is 0 Å². The van der Waals surface area contributed by atoms with Gasteiger partial charge in [0.1, 0.15) is 6.61 Å². The van der Waals surface area contributed by atoms with E-state index in [0.29, 0.717) is 6.42 Å². The van der Waals surface area contributed by atoms with Gasteiger partial charge in [0.05, 0.1) is 18.6 Å². The number of carboxylic acid groups (broad SMARTS) is 1. The van der Waals surface area contributed by atoms with Crippen molar-refractivity contribution in [2.45, 2.75) is 12.5 Å². The summed E-state index contributed by atoms with van der Waals surface area (Å²) in [6.45, 7) is 0.224. The van der Waals surface area contributed by atoms with Crippen LogP contribution in [0.25, 0.3) is 0 Å². The molecule has 0 aromatic carbocycles. The summed E-state index contributed by atoms with van der Waals surface area (Å²) in [5.41, 5.74) is 4.86. The van der Waals surface area contributed by atoms with Crippen molar-refractivity contribution in [1.82, 2.24) is 10.6 Å². The second-order valence-electron chi connectivity index (χ2n) is 4.09. The lowest BCUT2D eigenvalue weighted by molar-refractivity contribution is -0.140. The van der Waals surface area contributed by atoms with Crippen molar-refractivity contribution in [1.29, 1.82) is 0 Å². The van der Waals surface area contributed by atoms with E-state index in [0.717, 1.165) is 0 Å². The first-order valence-electron chi connectivity index (χ1n) is 5.80. The van der Waals surface area contributed by atoms with Crippen LogP contribution in [0.15, 0.2) is 12.2 Å². The molecule has 0 aliphatic heterocycles. The van der Waals surface area contributed by atoms with Crippen LogP contribution in [0.3, 0.4) is 0 Å². The van der Waals surface area contributed by atoms with Gasteiger partial charge in [0, 0.05) is 6.54 Å². The maximum atomic E-state index is 11.4. The van der Waals surface area contributed by atoms with Crippen LogP contribution in [0.2, 0.25) is 0 Å². The first-order chi connectivity index (χ1) is 8.99. The molecule has 1 aliphatic carbocycles. The van der Waals surface area contributed by atoms with Crippen LogP contribution in [0.5, 0.6) is 0 Å². The third-order valence-corrected chi connectivity index (χ3v) is 2.49. The normalized spacial score (nSPS) is 21.1. The molecule has 5 N–H and O–H groups in total. The molecule has 0 aromatic rings. The smallest absolute Gasteiger partial charge is 0.315 e. The lowest BCUT2D eigenvalue weighted by Gasteiger charge is -2.13. The molecule has 106 valence electrons. The van der Waals surface area contributed by atoms with E-state index in [4.69, 9.17) is 15.6 Å². The van der Waals surface area contributed by atoms with Crippen LogP contribution in [-0.4, -0.2) is 48.8 Å². The Morgan fingerprint density at radius 1 is 1.37 bits per heavy atom. The second-order valence-corrected chi connectivity index (χ2v) is 4.09. The van der Waals surface area contributed by atoms with Gasteiger partial charge in [-0.2, -0.15) is 0 Å². The number of hydrogen-bond acceptors (Lipinski definition) is 4. The van der Waals surface area contributed by atoms with Crippen molar-refractivity contribution in [2.24, 2.45) is 11.7 Å². The molecule has 0 fully saturated rings. The highest BCUT2D eigenvalue weighted by Crippen LogP contribution is 2.17. The van der Waals surface area contributed by atoms with Crippen molar-refractivity contribution in [3.05, 3.63) is 12.2 Å². The van der Waals surface area contributed by atoms with Crippen molar-refractivity contribution < 1.29 is 24.2 Å². The highest BCUT2D eigenvalue weighted by Gasteiger charge is 2.25. The number of urea groups is 1. The molecule has 0 saturated carbocycles. The monoisotopic (exact) mass is 271 g/mol. The van der Waals surface area contributed by atoms with Crippen LogP contribution in [-0.2, 0) is 14.3 Å². The van der Waals surface area contributed by atoms with Crippen molar-refractivity contribution >= 4 is 17.9 Å². The maximum absolute atomic E-state index is 11.4.